The SMILES string of the molecule is CCOC1CC(N)(C(=O)Nc2nnc(C(C)(C)C)s2)C1(C)C.Cl. The van der Waals surface area contributed by atoms with Crippen molar-refractivity contribution in [1.82, 2.24) is 10.2 Å². The zero-order valence-corrected chi connectivity index (χ0v) is 16.2. The van der Waals surface area contributed by atoms with E-state index in [-0.39, 0.29) is 29.8 Å². The van der Waals surface area contributed by atoms with Gasteiger partial charge in [0.15, 0.2) is 0 Å². The normalized spacial score (nSPS) is 26.1. The Hall–Kier alpha value is -0.760. The molecule has 1 aliphatic rings. The van der Waals surface area contributed by atoms with E-state index in [0.29, 0.717) is 18.2 Å². The Bertz CT molecular complexity index is 570. The van der Waals surface area contributed by atoms with Gasteiger partial charge in [0.25, 0.3) is 0 Å². The molecule has 2 atom stereocenters. The van der Waals surface area contributed by atoms with Gasteiger partial charge in [-0.15, -0.1) is 22.6 Å². The molecule has 1 amide bonds. The number of carbonyl (C=O) groups excluding carboxylic acids is 1. The Balaban J connectivity index is 0.00000264. The average Bonchev–Trinajstić information content (AvgIpc) is 2.86. The summed E-state index contributed by atoms with van der Waals surface area (Å²) in [5, 5.41) is 12.4. The highest BCUT2D eigenvalue weighted by Gasteiger charge is 2.63. The van der Waals surface area contributed by atoms with E-state index in [0.717, 1.165) is 5.01 Å². The number of halogens is 1. The highest BCUT2D eigenvalue weighted by Crippen LogP contribution is 2.50. The Morgan fingerprint density at radius 1 is 1.43 bits per heavy atom. The molecule has 1 heterocycles. The molecule has 0 spiro atoms. The Kier molecular flexibility index (Phi) is 5.84. The van der Waals surface area contributed by atoms with Crippen LogP contribution in [0, 0.1) is 5.41 Å². The summed E-state index contributed by atoms with van der Waals surface area (Å²) in [6.07, 6.45) is 0.526. The van der Waals surface area contributed by atoms with Crippen molar-refractivity contribution < 1.29 is 9.53 Å². The number of ether oxygens (including phenoxy) is 1. The van der Waals surface area contributed by atoms with Crippen LogP contribution in [0.3, 0.4) is 0 Å². The van der Waals surface area contributed by atoms with E-state index in [1.807, 2.05) is 20.8 Å². The van der Waals surface area contributed by atoms with Gasteiger partial charge in [0.05, 0.1) is 6.10 Å². The number of aromatic nitrogens is 2. The lowest BCUT2D eigenvalue weighted by atomic mass is 9.54. The van der Waals surface area contributed by atoms with Gasteiger partial charge in [-0.3, -0.25) is 10.1 Å². The third kappa shape index (κ3) is 3.52. The first-order valence-electron chi connectivity index (χ1n) is 7.58. The van der Waals surface area contributed by atoms with Crippen molar-refractivity contribution in [2.45, 2.75) is 65.0 Å². The zero-order valence-electron chi connectivity index (χ0n) is 14.6. The minimum Gasteiger partial charge on any atom is -0.378 e. The molecule has 0 aromatic carbocycles. The summed E-state index contributed by atoms with van der Waals surface area (Å²) in [6, 6.07) is 0. The van der Waals surface area contributed by atoms with Crippen LogP contribution in [0.4, 0.5) is 5.13 Å². The van der Waals surface area contributed by atoms with Crippen LogP contribution in [0.2, 0.25) is 0 Å². The first kappa shape index (κ1) is 20.3. The Morgan fingerprint density at radius 2 is 2.04 bits per heavy atom. The number of anilines is 1. The maximum Gasteiger partial charge on any atom is 0.247 e. The monoisotopic (exact) mass is 362 g/mol. The van der Waals surface area contributed by atoms with E-state index in [4.69, 9.17) is 10.5 Å². The van der Waals surface area contributed by atoms with Crippen molar-refractivity contribution in [3.05, 3.63) is 5.01 Å². The van der Waals surface area contributed by atoms with Crippen LogP contribution in [-0.2, 0) is 14.9 Å². The van der Waals surface area contributed by atoms with Gasteiger partial charge in [-0.2, -0.15) is 0 Å². The van der Waals surface area contributed by atoms with Crippen molar-refractivity contribution in [1.29, 1.82) is 0 Å². The maximum absolute atomic E-state index is 12.6. The molecule has 0 aliphatic heterocycles. The molecule has 23 heavy (non-hydrogen) atoms. The smallest absolute Gasteiger partial charge is 0.247 e. The van der Waals surface area contributed by atoms with Crippen molar-refractivity contribution in [2.75, 3.05) is 11.9 Å². The summed E-state index contributed by atoms with van der Waals surface area (Å²) in [4.78, 5) is 12.6. The molecule has 0 saturated heterocycles. The standard InChI is InChI=1S/C15H26N4O2S.ClH/c1-7-21-9-8-15(16,14(9,5)6)10(20)17-12-19-18-11(22-12)13(2,3)4;/h9H,7-8,16H2,1-6H3,(H,17,19,20);1H. The first-order chi connectivity index (χ1) is 10.0. The topological polar surface area (TPSA) is 90.1 Å². The van der Waals surface area contributed by atoms with E-state index in [9.17, 15) is 4.79 Å². The van der Waals surface area contributed by atoms with E-state index in [1.165, 1.54) is 11.3 Å². The third-order valence-corrected chi connectivity index (χ3v) is 5.79. The molecule has 132 valence electrons. The molecule has 0 radical (unpaired) electrons. The lowest BCUT2D eigenvalue weighted by molar-refractivity contribution is -0.166. The van der Waals surface area contributed by atoms with Crippen molar-refractivity contribution >= 4 is 34.8 Å². The van der Waals surface area contributed by atoms with Crippen molar-refractivity contribution in [2.24, 2.45) is 11.1 Å². The quantitative estimate of drug-likeness (QED) is 0.859. The number of nitrogens with two attached hydrogens (primary N) is 1. The van der Waals surface area contributed by atoms with Crippen LogP contribution in [0.1, 0.15) is 53.0 Å². The molecule has 8 heteroatoms. The number of nitrogens with one attached hydrogen (secondary N) is 1. The molecule has 2 unspecified atom stereocenters. The number of hydrogen-bond acceptors (Lipinski definition) is 6. The fourth-order valence-electron chi connectivity index (χ4n) is 2.61. The molecular weight excluding hydrogens is 336 g/mol. The molecule has 1 saturated carbocycles. The zero-order chi connectivity index (χ0) is 16.8. The van der Waals surface area contributed by atoms with Gasteiger partial charge in [-0.1, -0.05) is 46.0 Å². The van der Waals surface area contributed by atoms with Crippen molar-refractivity contribution in [3.8, 4) is 0 Å². The van der Waals surface area contributed by atoms with Gasteiger partial charge < -0.3 is 10.5 Å². The highest BCUT2D eigenvalue weighted by atomic mass is 35.5. The second kappa shape index (κ2) is 6.63. The van der Waals surface area contributed by atoms with Gasteiger partial charge in [-0.05, 0) is 6.92 Å². The van der Waals surface area contributed by atoms with E-state index in [2.05, 4.69) is 36.3 Å². The minimum atomic E-state index is -0.944. The van der Waals surface area contributed by atoms with E-state index < -0.39 is 11.0 Å². The predicted octanol–water partition coefficient (Wildman–Crippen LogP) is 2.73. The van der Waals surface area contributed by atoms with E-state index in [1.54, 1.807) is 0 Å². The summed E-state index contributed by atoms with van der Waals surface area (Å²) in [6.45, 7) is 12.7. The van der Waals surface area contributed by atoms with Gasteiger partial charge >= 0.3 is 0 Å². The fraction of sp³-hybridized carbons (Fsp3) is 0.800. The molecule has 1 aliphatic carbocycles. The second-order valence-corrected chi connectivity index (χ2v) is 8.44. The molecule has 2 rings (SSSR count). The van der Waals surface area contributed by atoms with Gasteiger partial charge in [0.2, 0.25) is 11.0 Å². The highest BCUT2D eigenvalue weighted by molar-refractivity contribution is 7.15. The molecule has 6 nitrogen and oxygen atoms in total. The summed E-state index contributed by atoms with van der Waals surface area (Å²) in [5.41, 5.74) is 4.91. The molecule has 0 bridgehead atoms. The lowest BCUT2D eigenvalue weighted by Crippen LogP contribution is -2.74. The van der Waals surface area contributed by atoms with Crippen LogP contribution < -0.4 is 11.1 Å². The predicted molar refractivity (Wildman–Crippen MR) is 95.2 cm³/mol. The van der Waals surface area contributed by atoms with Crippen LogP contribution in [0.25, 0.3) is 0 Å². The minimum absolute atomic E-state index is 0. The number of hydrogen-bond donors (Lipinski definition) is 2. The maximum atomic E-state index is 12.6. The molecular formula is C15H27ClN4O2S. The molecule has 3 N–H and O–H groups in total. The van der Waals surface area contributed by atoms with E-state index >= 15 is 0 Å². The fourth-order valence-corrected chi connectivity index (χ4v) is 3.40. The Labute approximate surface area is 148 Å². The number of amides is 1. The third-order valence-electron chi connectivity index (χ3n) is 4.52. The Morgan fingerprint density at radius 3 is 2.48 bits per heavy atom. The lowest BCUT2D eigenvalue weighted by Gasteiger charge is -2.57. The van der Waals surface area contributed by atoms with Crippen molar-refractivity contribution in [3.63, 3.8) is 0 Å². The largest absolute Gasteiger partial charge is 0.378 e. The second-order valence-electron chi connectivity index (χ2n) is 7.46. The van der Waals surface area contributed by atoms with Crippen LogP contribution >= 0.6 is 23.7 Å². The van der Waals surface area contributed by atoms with Gasteiger partial charge in [0, 0.05) is 23.9 Å². The van der Waals surface area contributed by atoms with Gasteiger partial charge in [-0.25, -0.2) is 0 Å². The summed E-state index contributed by atoms with van der Waals surface area (Å²) >= 11 is 1.39. The van der Waals surface area contributed by atoms with Gasteiger partial charge in [0.1, 0.15) is 10.5 Å². The summed E-state index contributed by atoms with van der Waals surface area (Å²) in [7, 11) is 0. The van der Waals surface area contributed by atoms with Crippen LogP contribution in [-0.4, -0.2) is 34.4 Å². The molecule has 1 aromatic rings. The number of carbonyl (C=O) groups is 1. The summed E-state index contributed by atoms with van der Waals surface area (Å²) < 4.78 is 5.65. The molecule has 1 fully saturated rings. The number of rotatable bonds is 4. The van der Waals surface area contributed by atoms with Crippen LogP contribution in [0.15, 0.2) is 0 Å². The summed E-state index contributed by atoms with van der Waals surface area (Å²) in [5.74, 6) is -0.218. The van der Waals surface area contributed by atoms with Crippen LogP contribution in [0.5, 0.6) is 0 Å². The molecule has 1 aromatic heterocycles. The first-order valence-corrected chi connectivity index (χ1v) is 8.40. The average molecular weight is 363 g/mol. The number of nitrogens with zero attached hydrogens (tertiary/aromatic N) is 2.